The van der Waals surface area contributed by atoms with Gasteiger partial charge in [0.1, 0.15) is 17.7 Å². The van der Waals surface area contributed by atoms with E-state index in [0.29, 0.717) is 23.0 Å². The third-order valence-corrected chi connectivity index (χ3v) is 2.28. The van der Waals surface area contributed by atoms with Crippen molar-refractivity contribution in [2.75, 3.05) is 5.32 Å². The molecular weight excluding hydrogens is 216 g/mol. The van der Waals surface area contributed by atoms with Gasteiger partial charge in [-0.25, -0.2) is 9.97 Å². The van der Waals surface area contributed by atoms with E-state index in [0.717, 1.165) is 5.56 Å². The Bertz CT molecular complexity index is 592. The van der Waals surface area contributed by atoms with E-state index in [-0.39, 0.29) is 0 Å². The number of hydrogen-bond donors (Lipinski definition) is 1. The fraction of sp³-hybridized carbons (Fsp3) is 0.273. The maximum absolute atomic E-state index is 8.94. The van der Waals surface area contributed by atoms with Crippen molar-refractivity contribution in [3.8, 4) is 6.07 Å². The molecule has 0 saturated heterocycles. The number of aryl methyl sites for hydroxylation is 3. The summed E-state index contributed by atoms with van der Waals surface area (Å²) in [4.78, 5) is 8.38. The average molecular weight is 228 g/mol. The van der Waals surface area contributed by atoms with Gasteiger partial charge in [0.15, 0.2) is 5.69 Å². The Labute approximate surface area is 98.9 Å². The van der Waals surface area contributed by atoms with Crippen molar-refractivity contribution in [1.82, 2.24) is 19.7 Å². The Morgan fingerprint density at radius 1 is 1.41 bits per heavy atom. The first-order valence-corrected chi connectivity index (χ1v) is 5.11. The molecule has 0 aliphatic heterocycles. The molecule has 2 heterocycles. The molecule has 0 radical (unpaired) electrons. The zero-order chi connectivity index (χ0) is 12.4. The van der Waals surface area contributed by atoms with E-state index >= 15 is 0 Å². The van der Waals surface area contributed by atoms with Crippen LogP contribution in [0, 0.1) is 25.2 Å². The Morgan fingerprint density at radius 3 is 2.88 bits per heavy atom. The maximum Gasteiger partial charge on any atom is 0.185 e. The summed E-state index contributed by atoms with van der Waals surface area (Å²) >= 11 is 0. The van der Waals surface area contributed by atoms with Gasteiger partial charge < -0.3 is 5.32 Å². The second kappa shape index (κ2) is 4.22. The van der Waals surface area contributed by atoms with E-state index in [1.165, 1.54) is 0 Å². The van der Waals surface area contributed by atoms with Gasteiger partial charge >= 0.3 is 0 Å². The molecule has 0 spiro atoms. The summed E-state index contributed by atoms with van der Waals surface area (Å²) in [6.45, 7) is 3.73. The van der Waals surface area contributed by atoms with Gasteiger partial charge in [-0.15, -0.1) is 0 Å². The number of aromatic nitrogens is 4. The lowest BCUT2D eigenvalue weighted by Crippen LogP contribution is -2.00. The van der Waals surface area contributed by atoms with E-state index in [2.05, 4.69) is 20.4 Å². The number of rotatable bonds is 2. The van der Waals surface area contributed by atoms with Crippen LogP contribution >= 0.6 is 0 Å². The Morgan fingerprint density at radius 2 is 2.18 bits per heavy atom. The van der Waals surface area contributed by atoms with Gasteiger partial charge in [-0.1, -0.05) is 0 Å². The lowest BCUT2D eigenvalue weighted by molar-refractivity contribution is 0.763. The van der Waals surface area contributed by atoms with Crippen LogP contribution in [0.25, 0.3) is 0 Å². The van der Waals surface area contributed by atoms with Gasteiger partial charge in [0, 0.05) is 25.0 Å². The van der Waals surface area contributed by atoms with E-state index in [1.54, 1.807) is 24.1 Å². The summed E-state index contributed by atoms with van der Waals surface area (Å²) in [6.07, 6.45) is 3.49. The van der Waals surface area contributed by atoms with Crippen LogP contribution in [0.3, 0.4) is 0 Å². The molecule has 0 bridgehead atoms. The van der Waals surface area contributed by atoms with Crippen LogP contribution in [0.1, 0.15) is 17.1 Å². The van der Waals surface area contributed by atoms with Gasteiger partial charge in [0.2, 0.25) is 0 Å². The molecule has 86 valence electrons. The molecule has 0 atom stereocenters. The first-order valence-electron chi connectivity index (χ1n) is 5.11. The number of anilines is 2. The molecule has 0 aromatic carbocycles. The van der Waals surface area contributed by atoms with Crippen LogP contribution in [0.5, 0.6) is 0 Å². The fourth-order valence-electron chi connectivity index (χ4n) is 1.45. The predicted octanol–water partition coefficient (Wildman–Crippen LogP) is 1.44. The number of nitriles is 1. The monoisotopic (exact) mass is 228 g/mol. The highest BCUT2D eigenvalue weighted by atomic mass is 15.3. The molecule has 0 aliphatic rings. The molecule has 1 N–H and O–H groups in total. The predicted molar refractivity (Wildman–Crippen MR) is 62.7 cm³/mol. The van der Waals surface area contributed by atoms with Crippen molar-refractivity contribution in [3.05, 3.63) is 29.5 Å². The smallest absolute Gasteiger partial charge is 0.185 e. The Hall–Kier alpha value is -2.42. The summed E-state index contributed by atoms with van der Waals surface area (Å²) in [5, 5.41) is 16.1. The summed E-state index contributed by atoms with van der Waals surface area (Å²) in [7, 11) is 1.77. The SMILES string of the molecule is Cc1ncc(C)c(Nc2cn(C)nc2C#N)n1. The molecule has 2 rings (SSSR count). The molecule has 0 saturated carbocycles. The normalized spacial score (nSPS) is 10.0. The average Bonchev–Trinajstić information content (AvgIpc) is 2.64. The topological polar surface area (TPSA) is 79.4 Å². The standard InChI is InChI=1S/C11H12N6/c1-7-5-13-8(2)14-11(7)15-10-6-17(3)16-9(10)4-12/h5-6H,1-3H3,(H,13,14,15). The highest BCUT2D eigenvalue weighted by Gasteiger charge is 2.09. The highest BCUT2D eigenvalue weighted by Crippen LogP contribution is 2.19. The van der Waals surface area contributed by atoms with Crippen LogP contribution in [0.15, 0.2) is 12.4 Å². The summed E-state index contributed by atoms with van der Waals surface area (Å²) in [6, 6.07) is 2.03. The third kappa shape index (κ3) is 2.23. The van der Waals surface area contributed by atoms with Gasteiger partial charge in [-0.05, 0) is 13.8 Å². The summed E-state index contributed by atoms with van der Waals surface area (Å²) in [5.74, 6) is 1.38. The van der Waals surface area contributed by atoms with Crippen LogP contribution in [-0.2, 0) is 7.05 Å². The van der Waals surface area contributed by atoms with E-state index in [1.807, 2.05) is 19.9 Å². The second-order valence-corrected chi connectivity index (χ2v) is 3.75. The maximum atomic E-state index is 8.94. The summed E-state index contributed by atoms with van der Waals surface area (Å²) in [5.41, 5.74) is 1.92. The van der Waals surface area contributed by atoms with Crippen LogP contribution in [0.4, 0.5) is 11.5 Å². The molecule has 17 heavy (non-hydrogen) atoms. The number of nitrogens with one attached hydrogen (secondary N) is 1. The lowest BCUT2D eigenvalue weighted by Gasteiger charge is -2.06. The molecule has 6 nitrogen and oxygen atoms in total. The zero-order valence-electron chi connectivity index (χ0n) is 9.89. The van der Waals surface area contributed by atoms with Crippen molar-refractivity contribution in [2.45, 2.75) is 13.8 Å². The fourth-order valence-corrected chi connectivity index (χ4v) is 1.45. The molecule has 0 fully saturated rings. The van der Waals surface area contributed by atoms with Crippen LogP contribution in [0.2, 0.25) is 0 Å². The van der Waals surface area contributed by atoms with Crippen molar-refractivity contribution in [1.29, 1.82) is 5.26 Å². The van der Waals surface area contributed by atoms with Gasteiger partial charge in [-0.3, -0.25) is 4.68 Å². The van der Waals surface area contributed by atoms with Gasteiger partial charge in [-0.2, -0.15) is 10.4 Å². The molecule has 6 heteroatoms. The number of hydrogen-bond acceptors (Lipinski definition) is 5. The quantitative estimate of drug-likeness (QED) is 0.841. The van der Waals surface area contributed by atoms with Gasteiger partial charge in [0.05, 0.1) is 5.69 Å². The van der Waals surface area contributed by atoms with E-state index < -0.39 is 0 Å². The molecule has 0 unspecified atom stereocenters. The Kier molecular flexibility index (Phi) is 2.75. The largest absolute Gasteiger partial charge is 0.336 e. The van der Waals surface area contributed by atoms with Gasteiger partial charge in [0.25, 0.3) is 0 Å². The minimum Gasteiger partial charge on any atom is -0.336 e. The first-order chi connectivity index (χ1) is 8.10. The van der Waals surface area contributed by atoms with Crippen molar-refractivity contribution >= 4 is 11.5 Å². The van der Waals surface area contributed by atoms with Crippen molar-refractivity contribution < 1.29 is 0 Å². The molecule has 0 amide bonds. The molecule has 0 aliphatic carbocycles. The highest BCUT2D eigenvalue weighted by molar-refractivity contribution is 5.63. The van der Waals surface area contributed by atoms with Crippen molar-refractivity contribution in [3.63, 3.8) is 0 Å². The summed E-state index contributed by atoms with van der Waals surface area (Å²) < 4.78 is 1.59. The minimum atomic E-state index is 0.350. The lowest BCUT2D eigenvalue weighted by atomic mass is 10.3. The molecule has 2 aromatic heterocycles. The number of nitrogens with zero attached hydrogens (tertiary/aromatic N) is 5. The third-order valence-electron chi connectivity index (χ3n) is 2.28. The van der Waals surface area contributed by atoms with Crippen molar-refractivity contribution in [2.24, 2.45) is 7.05 Å². The Balaban J connectivity index is 2.38. The minimum absolute atomic E-state index is 0.350. The van der Waals surface area contributed by atoms with Crippen LogP contribution in [-0.4, -0.2) is 19.7 Å². The molecule has 2 aromatic rings. The van der Waals surface area contributed by atoms with E-state index in [9.17, 15) is 0 Å². The van der Waals surface area contributed by atoms with Crippen LogP contribution < -0.4 is 5.32 Å². The first kappa shape index (κ1) is 11.1. The second-order valence-electron chi connectivity index (χ2n) is 3.75. The van der Waals surface area contributed by atoms with E-state index in [4.69, 9.17) is 5.26 Å². The molecular formula is C11H12N6. The zero-order valence-corrected chi connectivity index (χ0v) is 9.89.